The molecule has 3 heterocycles. The highest BCUT2D eigenvalue weighted by Crippen LogP contribution is 2.40. The van der Waals surface area contributed by atoms with Crippen molar-refractivity contribution in [3.8, 4) is 22.4 Å². The third kappa shape index (κ3) is 6.69. The highest BCUT2D eigenvalue weighted by Gasteiger charge is 2.20. The first-order valence-corrected chi connectivity index (χ1v) is 15.4. The minimum absolute atomic E-state index is 0.246. The van der Waals surface area contributed by atoms with Gasteiger partial charge in [0.05, 0.1) is 11.3 Å². The third-order valence-corrected chi connectivity index (χ3v) is 8.52. The summed E-state index contributed by atoms with van der Waals surface area (Å²) in [6.45, 7) is 9.94. The van der Waals surface area contributed by atoms with Gasteiger partial charge in [0.1, 0.15) is 11.5 Å². The fraction of sp³-hybridized carbons (Fsp3) is 0.216. The lowest BCUT2D eigenvalue weighted by Gasteiger charge is -2.34. The number of halogens is 1. The Labute approximate surface area is 268 Å². The monoisotopic (exact) mass is 616 g/mol. The summed E-state index contributed by atoms with van der Waals surface area (Å²) in [5.74, 6) is -0.826. The molecule has 8 nitrogen and oxygen atoms in total. The van der Waals surface area contributed by atoms with E-state index >= 15 is 0 Å². The van der Waals surface area contributed by atoms with E-state index in [1.807, 2.05) is 31.2 Å². The molecule has 2 amide bonds. The molecule has 1 saturated heterocycles. The smallest absolute Gasteiger partial charge is 0.252 e. The van der Waals surface area contributed by atoms with Crippen molar-refractivity contribution in [2.45, 2.75) is 13.3 Å². The maximum Gasteiger partial charge on any atom is 0.252 e. The molecular weight excluding hydrogens is 579 g/mol. The van der Waals surface area contributed by atoms with E-state index in [-0.39, 0.29) is 17.6 Å². The molecule has 6 rings (SSSR count). The zero-order valence-electron chi connectivity index (χ0n) is 26.1. The van der Waals surface area contributed by atoms with E-state index in [2.05, 4.69) is 68.3 Å². The van der Waals surface area contributed by atoms with Crippen molar-refractivity contribution in [3.63, 3.8) is 0 Å². The fourth-order valence-corrected chi connectivity index (χ4v) is 5.78. The highest BCUT2D eigenvalue weighted by molar-refractivity contribution is 6.07. The molecule has 0 saturated carbocycles. The Balaban J connectivity index is 1.36. The molecule has 3 N–H and O–H groups in total. The quantitative estimate of drug-likeness (QED) is 0.172. The number of fused-ring (bicyclic) bond motifs is 1. The van der Waals surface area contributed by atoms with Crippen molar-refractivity contribution < 1.29 is 14.0 Å². The number of H-pyrrole nitrogens is 1. The Kier molecular flexibility index (Phi) is 8.94. The summed E-state index contributed by atoms with van der Waals surface area (Å²) in [6, 6.07) is 22.6. The summed E-state index contributed by atoms with van der Waals surface area (Å²) in [6.07, 6.45) is 3.39. The molecule has 9 heteroatoms. The first-order chi connectivity index (χ1) is 22.3. The molecule has 0 spiro atoms. The van der Waals surface area contributed by atoms with Crippen LogP contribution in [0.1, 0.15) is 21.5 Å². The van der Waals surface area contributed by atoms with Gasteiger partial charge in [0.2, 0.25) is 5.91 Å². The average molecular weight is 617 g/mol. The number of aromatic nitrogens is 2. The van der Waals surface area contributed by atoms with Gasteiger partial charge in [0.25, 0.3) is 5.91 Å². The van der Waals surface area contributed by atoms with E-state index in [9.17, 15) is 14.0 Å². The fourth-order valence-electron chi connectivity index (χ4n) is 5.78. The molecule has 1 aliphatic heterocycles. The van der Waals surface area contributed by atoms with Crippen LogP contribution in [0.25, 0.3) is 33.4 Å². The summed E-state index contributed by atoms with van der Waals surface area (Å²) in [4.78, 5) is 38.3. The van der Waals surface area contributed by atoms with Gasteiger partial charge in [-0.2, -0.15) is 0 Å². The van der Waals surface area contributed by atoms with Crippen LogP contribution in [0.4, 0.5) is 15.8 Å². The van der Waals surface area contributed by atoms with Gasteiger partial charge in [-0.3, -0.25) is 9.59 Å². The Morgan fingerprint density at radius 2 is 1.70 bits per heavy atom. The van der Waals surface area contributed by atoms with E-state index in [0.717, 1.165) is 65.1 Å². The van der Waals surface area contributed by atoms with E-state index in [1.165, 1.54) is 23.9 Å². The average Bonchev–Trinajstić information content (AvgIpc) is 3.46. The topological polar surface area (TPSA) is 93.4 Å². The Morgan fingerprint density at radius 3 is 2.41 bits per heavy atom. The van der Waals surface area contributed by atoms with Gasteiger partial charge >= 0.3 is 0 Å². The number of carbonyl (C=O) groups excluding carboxylic acids is 2. The number of benzene rings is 3. The van der Waals surface area contributed by atoms with Crippen LogP contribution < -0.4 is 15.5 Å². The first-order valence-electron chi connectivity index (χ1n) is 15.4. The summed E-state index contributed by atoms with van der Waals surface area (Å²) in [5.41, 5.74) is 8.37. The standard InChI is InChI=1S/C37H37FN6O2/c1-4-33(45)41-32-22-27(8-5-24(32)2)34-31-21-28(37(46)39-16-15-25-6-11-29(38)12-7-25)23-40-36(31)42-35(34)26-9-13-30(14-10-26)44-19-17-43(3)18-20-44/h4-14,21-23H,1,15-20H2,2-3H3,(H,39,46)(H,40,42)(H,41,45). The number of pyridine rings is 1. The van der Waals surface area contributed by atoms with E-state index in [1.54, 1.807) is 18.3 Å². The minimum atomic E-state index is -0.292. The summed E-state index contributed by atoms with van der Waals surface area (Å²) >= 11 is 0. The first kappa shape index (κ1) is 30.7. The molecule has 1 aliphatic rings. The molecule has 3 aromatic carbocycles. The summed E-state index contributed by atoms with van der Waals surface area (Å²) in [7, 11) is 2.15. The number of carbonyl (C=O) groups is 2. The molecule has 46 heavy (non-hydrogen) atoms. The van der Waals surface area contributed by atoms with Crippen LogP contribution in [0.15, 0.2) is 91.6 Å². The van der Waals surface area contributed by atoms with Gasteiger partial charge < -0.3 is 25.4 Å². The molecule has 0 bridgehead atoms. The van der Waals surface area contributed by atoms with Crippen molar-refractivity contribution >= 4 is 34.2 Å². The number of aryl methyl sites for hydroxylation is 1. The largest absolute Gasteiger partial charge is 0.369 e. The number of hydrogen-bond acceptors (Lipinski definition) is 5. The van der Waals surface area contributed by atoms with Crippen LogP contribution >= 0.6 is 0 Å². The van der Waals surface area contributed by atoms with Gasteiger partial charge in [-0.15, -0.1) is 0 Å². The van der Waals surface area contributed by atoms with Gasteiger partial charge in [0, 0.05) is 61.2 Å². The molecule has 2 aromatic heterocycles. The van der Waals surface area contributed by atoms with E-state index in [0.29, 0.717) is 29.9 Å². The van der Waals surface area contributed by atoms with E-state index < -0.39 is 0 Å². The lowest BCUT2D eigenvalue weighted by atomic mass is 9.96. The number of hydrogen-bond donors (Lipinski definition) is 3. The number of nitrogens with one attached hydrogen (secondary N) is 3. The van der Waals surface area contributed by atoms with E-state index in [4.69, 9.17) is 0 Å². The zero-order chi connectivity index (χ0) is 32.2. The second-order valence-electron chi connectivity index (χ2n) is 11.7. The Bertz CT molecular complexity index is 1890. The van der Waals surface area contributed by atoms with Crippen molar-refractivity contribution in [3.05, 3.63) is 114 Å². The number of rotatable bonds is 9. The number of piperazine rings is 1. The van der Waals surface area contributed by atoms with Crippen molar-refractivity contribution in [1.82, 2.24) is 20.2 Å². The van der Waals surface area contributed by atoms with Crippen LogP contribution in [0, 0.1) is 12.7 Å². The van der Waals surface area contributed by atoms with Gasteiger partial charge in [-0.1, -0.05) is 43.0 Å². The minimum Gasteiger partial charge on any atom is -0.369 e. The molecule has 234 valence electrons. The van der Waals surface area contributed by atoms with Crippen LogP contribution in [0.5, 0.6) is 0 Å². The van der Waals surface area contributed by atoms with Crippen molar-refractivity contribution in [2.24, 2.45) is 0 Å². The van der Waals surface area contributed by atoms with Crippen molar-refractivity contribution in [2.75, 3.05) is 50.0 Å². The summed E-state index contributed by atoms with van der Waals surface area (Å²) < 4.78 is 13.3. The highest BCUT2D eigenvalue weighted by atomic mass is 19.1. The van der Waals surface area contributed by atoms with Crippen LogP contribution in [0.2, 0.25) is 0 Å². The Morgan fingerprint density at radius 1 is 0.978 bits per heavy atom. The number of likely N-dealkylation sites (N-methyl/N-ethyl adjacent to an activating group) is 1. The number of anilines is 2. The van der Waals surface area contributed by atoms with Crippen LogP contribution in [-0.2, 0) is 11.2 Å². The second-order valence-corrected chi connectivity index (χ2v) is 11.7. The predicted octanol–water partition coefficient (Wildman–Crippen LogP) is 6.19. The lowest BCUT2D eigenvalue weighted by molar-refractivity contribution is -0.111. The van der Waals surface area contributed by atoms with Gasteiger partial charge in [-0.25, -0.2) is 9.37 Å². The predicted molar refractivity (Wildman–Crippen MR) is 183 cm³/mol. The summed E-state index contributed by atoms with van der Waals surface area (Å²) in [5, 5.41) is 6.66. The molecule has 0 radical (unpaired) electrons. The van der Waals surface area contributed by atoms with Gasteiger partial charge in [-0.05, 0) is 85.1 Å². The maximum absolute atomic E-state index is 13.3. The lowest BCUT2D eigenvalue weighted by Crippen LogP contribution is -2.44. The zero-order valence-corrected chi connectivity index (χ0v) is 26.1. The Hall–Kier alpha value is -5.28. The van der Waals surface area contributed by atoms with Crippen molar-refractivity contribution in [1.29, 1.82) is 0 Å². The molecule has 1 fully saturated rings. The molecule has 0 aliphatic carbocycles. The SMILES string of the molecule is C=CC(=O)Nc1cc(-c2c(-c3ccc(N4CCN(C)CC4)cc3)[nH]c3ncc(C(=O)NCCc4ccc(F)cc4)cc23)ccc1C. The number of nitrogens with zero attached hydrogens (tertiary/aromatic N) is 3. The molecule has 0 unspecified atom stereocenters. The molecule has 0 atom stereocenters. The van der Waals surface area contributed by atoms with Crippen LogP contribution in [0.3, 0.4) is 0 Å². The third-order valence-electron chi connectivity index (χ3n) is 8.52. The molecule has 5 aromatic rings. The van der Waals surface area contributed by atoms with Crippen LogP contribution in [-0.4, -0.2) is 66.5 Å². The molecular formula is C37H37FN6O2. The maximum atomic E-state index is 13.3. The number of amides is 2. The van der Waals surface area contributed by atoms with Gasteiger partial charge in [0.15, 0.2) is 0 Å². The second kappa shape index (κ2) is 13.4. The normalized spacial score (nSPS) is 13.5. The number of aromatic amines is 1.